The molecule has 0 spiro atoms. The minimum atomic E-state index is -0.423. The predicted octanol–water partition coefficient (Wildman–Crippen LogP) is 2.00. The van der Waals surface area contributed by atoms with Crippen LogP contribution in [0.4, 0.5) is 5.69 Å². The maximum absolute atomic E-state index is 11.6. The molecule has 1 heterocycles. The fraction of sp³-hybridized carbons (Fsp3) is 0.0833. The topological polar surface area (TPSA) is 78.1 Å². The first-order valence-electron chi connectivity index (χ1n) is 5.12. The highest BCUT2D eigenvalue weighted by Gasteiger charge is 2.13. The SMILES string of the molecule is COC(=O)c1cc(N)ccc1Sc1cnccn1. The fourth-order valence-corrected chi connectivity index (χ4v) is 2.20. The summed E-state index contributed by atoms with van der Waals surface area (Å²) >= 11 is 1.34. The normalized spacial score (nSPS) is 10.1. The van der Waals surface area contributed by atoms with E-state index in [9.17, 15) is 4.79 Å². The van der Waals surface area contributed by atoms with Crippen molar-refractivity contribution >= 4 is 23.4 Å². The molecule has 0 fully saturated rings. The highest BCUT2D eigenvalue weighted by atomic mass is 32.2. The van der Waals surface area contributed by atoms with Gasteiger partial charge in [0.25, 0.3) is 0 Å². The summed E-state index contributed by atoms with van der Waals surface area (Å²) in [5.74, 6) is -0.423. The lowest BCUT2D eigenvalue weighted by atomic mass is 10.2. The molecule has 18 heavy (non-hydrogen) atoms. The molecule has 0 aliphatic carbocycles. The standard InChI is InChI=1S/C12H11N3O2S/c1-17-12(16)9-6-8(13)2-3-10(9)18-11-7-14-4-5-15-11/h2-7H,13H2,1H3. The molecule has 0 atom stereocenters. The number of carbonyl (C=O) groups excluding carboxylic acids is 1. The summed E-state index contributed by atoms with van der Waals surface area (Å²) in [5.41, 5.74) is 6.61. The summed E-state index contributed by atoms with van der Waals surface area (Å²) in [6.45, 7) is 0. The molecule has 0 radical (unpaired) electrons. The van der Waals surface area contributed by atoms with E-state index in [-0.39, 0.29) is 0 Å². The Bertz CT molecular complexity index is 561. The number of hydrogen-bond donors (Lipinski definition) is 1. The molecule has 5 nitrogen and oxygen atoms in total. The molecule has 1 aromatic heterocycles. The van der Waals surface area contributed by atoms with Gasteiger partial charge in [0.15, 0.2) is 0 Å². The van der Waals surface area contributed by atoms with Crippen LogP contribution in [-0.4, -0.2) is 23.0 Å². The lowest BCUT2D eigenvalue weighted by molar-refractivity contribution is 0.0597. The van der Waals surface area contributed by atoms with Gasteiger partial charge < -0.3 is 10.5 Å². The second kappa shape index (κ2) is 5.50. The van der Waals surface area contributed by atoms with Crippen LogP contribution in [0.1, 0.15) is 10.4 Å². The summed E-state index contributed by atoms with van der Waals surface area (Å²) in [4.78, 5) is 20.5. The maximum atomic E-state index is 11.6. The van der Waals surface area contributed by atoms with Gasteiger partial charge in [-0.25, -0.2) is 9.78 Å². The van der Waals surface area contributed by atoms with Crippen LogP contribution in [0, 0.1) is 0 Å². The average Bonchev–Trinajstić information content (AvgIpc) is 2.41. The Labute approximate surface area is 108 Å². The Kier molecular flexibility index (Phi) is 3.78. The van der Waals surface area contributed by atoms with Crippen molar-refractivity contribution in [1.82, 2.24) is 9.97 Å². The molecule has 2 N–H and O–H groups in total. The molecule has 0 saturated heterocycles. The first-order valence-corrected chi connectivity index (χ1v) is 5.94. The number of nitrogens with zero attached hydrogens (tertiary/aromatic N) is 2. The van der Waals surface area contributed by atoms with E-state index in [0.29, 0.717) is 16.3 Å². The summed E-state index contributed by atoms with van der Waals surface area (Å²) in [6, 6.07) is 5.08. The minimum absolute atomic E-state index is 0.423. The largest absolute Gasteiger partial charge is 0.465 e. The van der Waals surface area contributed by atoms with Gasteiger partial charge in [0.05, 0.1) is 18.9 Å². The molecule has 2 aromatic rings. The van der Waals surface area contributed by atoms with Crippen molar-refractivity contribution in [2.24, 2.45) is 0 Å². The van der Waals surface area contributed by atoms with Crippen LogP contribution in [0.5, 0.6) is 0 Å². The van der Waals surface area contributed by atoms with Crippen LogP contribution in [0.3, 0.4) is 0 Å². The van der Waals surface area contributed by atoms with Crippen LogP contribution in [0.25, 0.3) is 0 Å². The second-order valence-corrected chi connectivity index (χ2v) is 4.46. The van der Waals surface area contributed by atoms with Gasteiger partial charge >= 0.3 is 5.97 Å². The van der Waals surface area contributed by atoms with Gasteiger partial charge in [-0.2, -0.15) is 0 Å². The third-order valence-corrected chi connectivity index (χ3v) is 3.16. The van der Waals surface area contributed by atoms with E-state index < -0.39 is 5.97 Å². The summed E-state index contributed by atoms with van der Waals surface area (Å²) < 4.78 is 4.73. The molecule has 92 valence electrons. The van der Waals surface area contributed by atoms with Gasteiger partial charge in [0, 0.05) is 23.0 Å². The van der Waals surface area contributed by atoms with E-state index in [1.807, 2.05) is 0 Å². The van der Waals surface area contributed by atoms with Gasteiger partial charge in [-0.15, -0.1) is 0 Å². The zero-order chi connectivity index (χ0) is 13.0. The number of hydrogen-bond acceptors (Lipinski definition) is 6. The molecule has 0 unspecified atom stereocenters. The molecule has 0 saturated carbocycles. The minimum Gasteiger partial charge on any atom is -0.465 e. The molecule has 1 aromatic carbocycles. The van der Waals surface area contributed by atoms with Gasteiger partial charge in [-0.05, 0) is 18.2 Å². The Morgan fingerprint density at radius 1 is 1.39 bits per heavy atom. The number of nitrogens with two attached hydrogens (primary N) is 1. The maximum Gasteiger partial charge on any atom is 0.339 e. The van der Waals surface area contributed by atoms with E-state index in [1.54, 1.807) is 36.8 Å². The molecule has 0 aliphatic rings. The Balaban J connectivity index is 2.35. The highest BCUT2D eigenvalue weighted by Crippen LogP contribution is 2.30. The number of ether oxygens (including phenoxy) is 1. The third kappa shape index (κ3) is 2.78. The van der Waals surface area contributed by atoms with Crippen LogP contribution in [0.15, 0.2) is 46.7 Å². The first kappa shape index (κ1) is 12.4. The smallest absolute Gasteiger partial charge is 0.339 e. The number of benzene rings is 1. The number of nitrogen functional groups attached to an aromatic ring is 1. The number of methoxy groups -OCH3 is 1. The molecule has 0 amide bonds. The summed E-state index contributed by atoms with van der Waals surface area (Å²) in [7, 11) is 1.34. The molecule has 6 heteroatoms. The average molecular weight is 261 g/mol. The number of anilines is 1. The van der Waals surface area contributed by atoms with Crippen molar-refractivity contribution in [1.29, 1.82) is 0 Å². The summed E-state index contributed by atoms with van der Waals surface area (Å²) in [6.07, 6.45) is 4.81. The van der Waals surface area contributed by atoms with E-state index in [1.165, 1.54) is 18.9 Å². The molecule has 0 bridgehead atoms. The Hall–Kier alpha value is -2.08. The molecule has 2 rings (SSSR count). The zero-order valence-corrected chi connectivity index (χ0v) is 10.5. The van der Waals surface area contributed by atoms with Crippen LogP contribution in [0.2, 0.25) is 0 Å². The number of rotatable bonds is 3. The number of carbonyl (C=O) groups is 1. The van der Waals surface area contributed by atoms with Gasteiger partial charge in [-0.1, -0.05) is 11.8 Å². The number of esters is 1. The highest BCUT2D eigenvalue weighted by molar-refractivity contribution is 7.99. The van der Waals surface area contributed by atoms with E-state index in [4.69, 9.17) is 10.5 Å². The lowest BCUT2D eigenvalue weighted by Gasteiger charge is -2.07. The van der Waals surface area contributed by atoms with Crippen LogP contribution >= 0.6 is 11.8 Å². The van der Waals surface area contributed by atoms with Gasteiger partial charge in [0.1, 0.15) is 5.03 Å². The predicted molar refractivity (Wildman–Crippen MR) is 68.3 cm³/mol. The van der Waals surface area contributed by atoms with E-state index >= 15 is 0 Å². The van der Waals surface area contributed by atoms with Crippen molar-refractivity contribution in [3.05, 3.63) is 42.4 Å². The van der Waals surface area contributed by atoms with Crippen molar-refractivity contribution in [2.75, 3.05) is 12.8 Å². The monoisotopic (exact) mass is 261 g/mol. The molecular formula is C12H11N3O2S. The first-order chi connectivity index (χ1) is 8.70. The zero-order valence-electron chi connectivity index (χ0n) is 9.66. The number of aromatic nitrogens is 2. The Morgan fingerprint density at radius 2 is 2.22 bits per heavy atom. The Morgan fingerprint density at radius 3 is 2.89 bits per heavy atom. The fourth-order valence-electron chi connectivity index (χ4n) is 1.36. The van der Waals surface area contributed by atoms with E-state index in [0.717, 1.165) is 4.90 Å². The van der Waals surface area contributed by atoms with Crippen molar-refractivity contribution in [2.45, 2.75) is 9.92 Å². The van der Waals surface area contributed by atoms with E-state index in [2.05, 4.69) is 9.97 Å². The van der Waals surface area contributed by atoms with Crippen molar-refractivity contribution in [3.8, 4) is 0 Å². The third-order valence-electron chi connectivity index (χ3n) is 2.16. The molecule has 0 aliphatic heterocycles. The van der Waals surface area contributed by atoms with Gasteiger partial charge in [-0.3, -0.25) is 4.98 Å². The quantitative estimate of drug-likeness (QED) is 0.672. The second-order valence-electron chi connectivity index (χ2n) is 3.39. The van der Waals surface area contributed by atoms with Gasteiger partial charge in [0.2, 0.25) is 0 Å². The van der Waals surface area contributed by atoms with Crippen LogP contribution in [-0.2, 0) is 4.74 Å². The lowest BCUT2D eigenvalue weighted by Crippen LogP contribution is -2.04. The van der Waals surface area contributed by atoms with Crippen molar-refractivity contribution in [3.63, 3.8) is 0 Å². The van der Waals surface area contributed by atoms with Crippen molar-refractivity contribution < 1.29 is 9.53 Å². The summed E-state index contributed by atoms with van der Waals surface area (Å²) in [5, 5.41) is 0.701. The molecular weight excluding hydrogens is 250 g/mol. The van der Waals surface area contributed by atoms with Crippen LogP contribution < -0.4 is 5.73 Å².